The summed E-state index contributed by atoms with van der Waals surface area (Å²) in [6.45, 7) is 6.36. The Hall–Kier alpha value is -3.64. The third kappa shape index (κ3) is 4.05. The molecule has 1 aliphatic heterocycles. The third-order valence-electron chi connectivity index (χ3n) is 6.60. The monoisotopic (exact) mass is 468 g/mol. The van der Waals surface area contributed by atoms with E-state index in [0.717, 1.165) is 22.9 Å². The van der Waals surface area contributed by atoms with Gasteiger partial charge < -0.3 is 19.5 Å². The molecular weight excluding hydrogens is 440 g/mol. The molecule has 0 aliphatic carbocycles. The Labute approximate surface area is 206 Å². The van der Waals surface area contributed by atoms with Gasteiger partial charge in [-0.05, 0) is 93.1 Å². The number of nitrogens with zero attached hydrogens (tertiary/aromatic N) is 3. The van der Waals surface area contributed by atoms with E-state index in [4.69, 9.17) is 17.0 Å². The Morgan fingerprint density at radius 2 is 1.59 bits per heavy atom. The van der Waals surface area contributed by atoms with Gasteiger partial charge in [0.15, 0.2) is 5.11 Å². The van der Waals surface area contributed by atoms with Gasteiger partial charge in [0.1, 0.15) is 11.5 Å². The number of hydrogen-bond donors (Lipinski definition) is 1. The highest BCUT2D eigenvalue weighted by molar-refractivity contribution is 7.80. The lowest BCUT2D eigenvalue weighted by atomic mass is 9.96. The number of thiocarbonyl (C=S) groups is 1. The maximum absolute atomic E-state index is 6.04. The van der Waals surface area contributed by atoms with E-state index in [9.17, 15) is 0 Å². The van der Waals surface area contributed by atoms with Crippen molar-refractivity contribution in [3.63, 3.8) is 0 Å². The topological polar surface area (TPSA) is 42.3 Å². The van der Waals surface area contributed by atoms with Gasteiger partial charge in [-0.1, -0.05) is 23.8 Å². The summed E-state index contributed by atoms with van der Waals surface area (Å²) in [6.07, 6.45) is 1.83. The van der Waals surface area contributed by atoms with Crippen LogP contribution in [-0.2, 0) is 7.05 Å². The number of hydrogen-bond acceptors (Lipinski definition) is 3. The van der Waals surface area contributed by atoms with Crippen LogP contribution in [0, 0.1) is 20.8 Å². The van der Waals surface area contributed by atoms with Crippen LogP contribution in [-0.4, -0.2) is 14.7 Å². The summed E-state index contributed by atoms with van der Waals surface area (Å²) in [5.41, 5.74) is 6.86. The van der Waals surface area contributed by atoms with E-state index in [-0.39, 0.29) is 12.1 Å². The van der Waals surface area contributed by atoms with E-state index < -0.39 is 0 Å². The van der Waals surface area contributed by atoms with Gasteiger partial charge >= 0.3 is 0 Å². The summed E-state index contributed by atoms with van der Waals surface area (Å²) in [7, 11) is 2.10. The molecule has 6 heteroatoms. The van der Waals surface area contributed by atoms with Gasteiger partial charge in [-0.15, -0.1) is 0 Å². The van der Waals surface area contributed by atoms with Crippen LogP contribution in [0.25, 0.3) is 0 Å². The van der Waals surface area contributed by atoms with Gasteiger partial charge in [-0.2, -0.15) is 0 Å². The average molecular weight is 469 g/mol. The summed E-state index contributed by atoms with van der Waals surface area (Å²) in [5, 5.41) is 4.23. The Bertz CT molecular complexity index is 1310. The maximum atomic E-state index is 6.04. The molecule has 2 aromatic heterocycles. The molecule has 1 saturated heterocycles. The second-order valence-electron chi connectivity index (χ2n) is 8.79. The molecule has 0 radical (unpaired) electrons. The lowest BCUT2D eigenvalue weighted by Crippen LogP contribution is -2.29. The van der Waals surface area contributed by atoms with Crippen molar-refractivity contribution < 1.29 is 4.74 Å². The lowest BCUT2D eigenvalue weighted by molar-refractivity contribution is 0.482. The van der Waals surface area contributed by atoms with Crippen molar-refractivity contribution in [2.75, 3.05) is 4.90 Å². The zero-order valence-electron chi connectivity index (χ0n) is 19.8. The zero-order valence-corrected chi connectivity index (χ0v) is 20.6. The minimum Gasteiger partial charge on any atom is -0.457 e. The van der Waals surface area contributed by atoms with Crippen molar-refractivity contribution in [1.82, 2.24) is 14.9 Å². The first-order valence-corrected chi connectivity index (χ1v) is 11.8. The largest absolute Gasteiger partial charge is 0.457 e. The van der Waals surface area contributed by atoms with Crippen LogP contribution in [0.15, 0.2) is 79.0 Å². The number of aryl methyl sites for hydroxylation is 2. The molecule has 172 valence electrons. The molecule has 5 rings (SSSR count). The lowest BCUT2D eigenvalue weighted by Gasteiger charge is -2.28. The second-order valence-corrected chi connectivity index (χ2v) is 9.18. The molecule has 1 fully saturated rings. The van der Waals surface area contributed by atoms with E-state index in [0.29, 0.717) is 5.11 Å². The molecular formula is C28H28N4OS. The molecule has 4 aromatic rings. The number of rotatable bonds is 5. The molecule has 0 unspecified atom stereocenters. The molecule has 1 aliphatic rings. The van der Waals surface area contributed by atoms with E-state index in [1.807, 2.05) is 54.7 Å². The molecule has 5 nitrogen and oxygen atoms in total. The highest BCUT2D eigenvalue weighted by Gasteiger charge is 2.42. The van der Waals surface area contributed by atoms with E-state index >= 15 is 0 Å². The Kier molecular flexibility index (Phi) is 5.84. The first-order valence-electron chi connectivity index (χ1n) is 11.4. The van der Waals surface area contributed by atoms with E-state index in [1.54, 1.807) is 0 Å². The summed E-state index contributed by atoms with van der Waals surface area (Å²) < 4.78 is 8.26. The third-order valence-corrected chi connectivity index (χ3v) is 6.92. The van der Waals surface area contributed by atoms with Crippen LogP contribution < -0.4 is 15.0 Å². The summed E-state index contributed by atoms with van der Waals surface area (Å²) in [4.78, 5) is 6.85. The van der Waals surface area contributed by atoms with Crippen LogP contribution in [0.4, 0.5) is 5.69 Å². The zero-order chi connectivity index (χ0) is 23.8. The van der Waals surface area contributed by atoms with Crippen LogP contribution in [0.3, 0.4) is 0 Å². The van der Waals surface area contributed by atoms with E-state index in [2.05, 4.69) is 71.9 Å². The van der Waals surface area contributed by atoms with Crippen LogP contribution in [0.2, 0.25) is 0 Å². The molecule has 0 bridgehead atoms. The fourth-order valence-electron chi connectivity index (χ4n) is 4.55. The van der Waals surface area contributed by atoms with Crippen molar-refractivity contribution >= 4 is 23.0 Å². The van der Waals surface area contributed by atoms with E-state index in [1.165, 1.54) is 22.5 Å². The van der Waals surface area contributed by atoms with Crippen LogP contribution >= 0.6 is 12.2 Å². The normalized spacial score (nSPS) is 17.6. The number of pyridine rings is 1. The van der Waals surface area contributed by atoms with Crippen molar-refractivity contribution in [3.05, 3.63) is 107 Å². The molecule has 2 atom stereocenters. The quantitative estimate of drug-likeness (QED) is 0.348. The van der Waals surface area contributed by atoms with Crippen molar-refractivity contribution in [1.29, 1.82) is 0 Å². The molecule has 34 heavy (non-hydrogen) atoms. The minimum absolute atomic E-state index is 0.0221. The summed E-state index contributed by atoms with van der Waals surface area (Å²) in [6, 6.07) is 24.4. The first kappa shape index (κ1) is 22.2. The number of anilines is 1. The number of benzene rings is 2. The maximum Gasteiger partial charge on any atom is 0.174 e. The van der Waals surface area contributed by atoms with Crippen LogP contribution in [0.5, 0.6) is 11.5 Å². The number of aromatic nitrogens is 2. The molecule has 0 saturated carbocycles. The van der Waals surface area contributed by atoms with Gasteiger partial charge in [0.2, 0.25) is 0 Å². The number of ether oxygens (including phenoxy) is 1. The highest BCUT2D eigenvalue weighted by atomic mass is 32.1. The Morgan fingerprint density at radius 1 is 0.912 bits per heavy atom. The van der Waals surface area contributed by atoms with Crippen molar-refractivity contribution in [2.24, 2.45) is 7.05 Å². The van der Waals surface area contributed by atoms with Gasteiger partial charge in [0, 0.05) is 30.3 Å². The smallest absolute Gasteiger partial charge is 0.174 e. The predicted octanol–water partition coefficient (Wildman–Crippen LogP) is 6.31. The Morgan fingerprint density at radius 3 is 2.18 bits per heavy atom. The van der Waals surface area contributed by atoms with Gasteiger partial charge in [0.25, 0.3) is 0 Å². The highest BCUT2D eigenvalue weighted by Crippen LogP contribution is 2.43. The van der Waals surface area contributed by atoms with Crippen molar-refractivity contribution in [2.45, 2.75) is 32.9 Å². The van der Waals surface area contributed by atoms with Gasteiger partial charge in [-0.3, -0.25) is 4.98 Å². The van der Waals surface area contributed by atoms with Crippen LogP contribution in [0.1, 0.15) is 40.3 Å². The van der Waals surface area contributed by atoms with Gasteiger partial charge in [-0.25, -0.2) is 0 Å². The molecule has 1 N–H and O–H groups in total. The molecule has 0 amide bonds. The minimum atomic E-state index is -0.0577. The molecule has 3 heterocycles. The summed E-state index contributed by atoms with van der Waals surface area (Å²) in [5.74, 6) is 1.61. The summed E-state index contributed by atoms with van der Waals surface area (Å²) >= 11 is 5.86. The Balaban J connectivity index is 1.51. The first-order chi connectivity index (χ1) is 16.4. The standard InChI is InChI=1S/C28H28N4OS/c1-18-8-12-22(13-9-18)33-23-14-10-21(11-15-23)32-27(24-17-19(2)31(4)20(24)3)26(30-28(32)34)25-7-5-6-16-29-25/h5-17,26-27H,1-4H3,(H,30,34)/t26-,27-/m0/s1. The fourth-order valence-corrected chi connectivity index (χ4v) is 4.90. The SMILES string of the molecule is Cc1ccc(Oc2ccc(N3C(=S)N[C@@H](c4ccccn4)[C@@H]3c3cc(C)n(C)c3C)cc2)cc1. The predicted molar refractivity (Wildman–Crippen MR) is 141 cm³/mol. The second kappa shape index (κ2) is 8.95. The van der Waals surface area contributed by atoms with Gasteiger partial charge in [0.05, 0.1) is 17.8 Å². The number of nitrogens with one attached hydrogen (secondary N) is 1. The fraction of sp³-hybridized carbons (Fsp3) is 0.214. The van der Waals surface area contributed by atoms with Crippen molar-refractivity contribution in [3.8, 4) is 11.5 Å². The average Bonchev–Trinajstić information content (AvgIpc) is 3.32. The molecule has 2 aromatic carbocycles. The molecule has 0 spiro atoms.